The van der Waals surface area contributed by atoms with Crippen molar-refractivity contribution in [2.75, 3.05) is 4.90 Å². The van der Waals surface area contributed by atoms with E-state index in [9.17, 15) is 0 Å². The van der Waals surface area contributed by atoms with E-state index in [1.807, 2.05) is 0 Å². The number of hydrogen-bond acceptors (Lipinski definition) is 2. The Balaban J connectivity index is 1.11. The molecular formula is C66H61NO. The minimum Gasteiger partial charge on any atom is -0.456 e. The third-order valence-corrected chi connectivity index (χ3v) is 14.8. The van der Waals surface area contributed by atoms with Gasteiger partial charge < -0.3 is 9.32 Å². The lowest BCUT2D eigenvalue weighted by molar-refractivity contribution is 0.473. The molecule has 0 bridgehead atoms. The van der Waals surface area contributed by atoms with Gasteiger partial charge in [0.15, 0.2) is 0 Å². The van der Waals surface area contributed by atoms with Crippen LogP contribution in [-0.4, -0.2) is 0 Å². The molecule has 2 nitrogen and oxygen atoms in total. The van der Waals surface area contributed by atoms with Crippen LogP contribution in [0.4, 0.5) is 17.1 Å². The van der Waals surface area contributed by atoms with E-state index < -0.39 is 0 Å². The Kier molecular flexibility index (Phi) is 10.6. The van der Waals surface area contributed by atoms with Crippen molar-refractivity contribution in [3.05, 3.63) is 233 Å². The summed E-state index contributed by atoms with van der Waals surface area (Å²) in [5, 5.41) is 5.01. The van der Waals surface area contributed by atoms with Crippen LogP contribution in [0, 0.1) is 0 Å². The number of nitrogens with zero attached hydrogens (tertiary/aromatic N) is 1. The number of benzene rings is 9. The zero-order chi connectivity index (χ0) is 47.0. The van der Waals surface area contributed by atoms with Gasteiger partial charge in [0.05, 0.1) is 0 Å². The molecule has 68 heavy (non-hydrogen) atoms. The Morgan fingerprint density at radius 1 is 0.456 bits per heavy atom. The van der Waals surface area contributed by atoms with Gasteiger partial charge >= 0.3 is 0 Å². The highest BCUT2D eigenvalue weighted by Crippen LogP contribution is 2.50. The summed E-state index contributed by atoms with van der Waals surface area (Å²) in [5.74, 6) is 0.0527. The Morgan fingerprint density at radius 3 is 1.68 bits per heavy atom. The number of fused-ring (bicyclic) bond motifs is 4. The number of rotatable bonds is 8. The molecule has 1 aliphatic rings. The number of aryl methyl sites for hydroxylation is 1. The monoisotopic (exact) mass is 883 g/mol. The van der Waals surface area contributed by atoms with Gasteiger partial charge in [-0.3, -0.25) is 0 Å². The molecule has 0 N–H and O–H groups in total. The molecule has 0 radical (unpaired) electrons. The second-order valence-electron chi connectivity index (χ2n) is 21.9. The van der Waals surface area contributed by atoms with Crippen molar-refractivity contribution in [2.24, 2.45) is 0 Å². The fourth-order valence-corrected chi connectivity index (χ4v) is 10.9. The summed E-state index contributed by atoms with van der Waals surface area (Å²) in [6.45, 7) is 18.7. The van der Waals surface area contributed by atoms with Gasteiger partial charge in [-0.2, -0.15) is 0 Å². The molecule has 1 heterocycles. The summed E-state index contributed by atoms with van der Waals surface area (Å²) in [5.41, 5.74) is 19.5. The van der Waals surface area contributed by atoms with Crippen LogP contribution >= 0.6 is 0 Å². The summed E-state index contributed by atoms with van der Waals surface area (Å²) in [6, 6.07) is 72.2. The van der Waals surface area contributed by atoms with Gasteiger partial charge in [-0.05, 0) is 144 Å². The zero-order valence-corrected chi connectivity index (χ0v) is 40.8. The predicted octanol–water partition coefficient (Wildman–Crippen LogP) is 18.5. The van der Waals surface area contributed by atoms with E-state index in [-0.39, 0.29) is 22.2 Å². The Bertz CT molecular complexity index is 3500. The predicted molar refractivity (Wildman–Crippen MR) is 289 cm³/mol. The van der Waals surface area contributed by atoms with E-state index in [0.717, 1.165) is 46.5 Å². The van der Waals surface area contributed by atoms with Crippen LogP contribution in [0.2, 0.25) is 0 Å². The van der Waals surface area contributed by atoms with E-state index in [1.54, 1.807) is 0 Å². The van der Waals surface area contributed by atoms with Crippen LogP contribution in [0.25, 0.3) is 55.0 Å². The maximum atomic E-state index is 7.08. The van der Waals surface area contributed by atoms with Crippen LogP contribution in [0.1, 0.15) is 107 Å². The van der Waals surface area contributed by atoms with Crippen molar-refractivity contribution < 1.29 is 4.42 Å². The molecule has 1 aliphatic carbocycles. The van der Waals surface area contributed by atoms with E-state index in [0.29, 0.717) is 0 Å². The molecule has 336 valence electrons. The lowest BCUT2D eigenvalue weighted by Crippen LogP contribution is -2.24. The molecule has 9 aromatic carbocycles. The molecule has 2 heteroatoms. The first kappa shape index (κ1) is 43.4. The fraction of sp³-hybridized carbons (Fsp3) is 0.212. The largest absolute Gasteiger partial charge is 0.456 e. The van der Waals surface area contributed by atoms with Crippen molar-refractivity contribution >= 4 is 49.8 Å². The lowest BCUT2D eigenvalue weighted by atomic mass is 9.69. The summed E-state index contributed by atoms with van der Waals surface area (Å²) in [7, 11) is 0. The number of anilines is 3. The van der Waals surface area contributed by atoms with E-state index >= 15 is 0 Å². The second kappa shape index (κ2) is 16.6. The molecule has 0 aliphatic heterocycles. The van der Waals surface area contributed by atoms with Gasteiger partial charge in [0.1, 0.15) is 11.2 Å². The average molecular weight is 884 g/mol. The highest BCUT2D eigenvalue weighted by molar-refractivity contribution is 6.21. The highest BCUT2D eigenvalue weighted by Gasteiger charge is 2.34. The van der Waals surface area contributed by atoms with Gasteiger partial charge in [0.25, 0.3) is 0 Å². The topological polar surface area (TPSA) is 16.4 Å². The average Bonchev–Trinajstić information content (AvgIpc) is 3.72. The Morgan fingerprint density at radius 2 is 1.00 bits per heavy atom. The quantitative estimate of drug-likeness (QED) is 0.141. The first-order valence-electron chi connectivity index (χ1n) is 24.5. The van der Waals surface area contributed by atoms with Crippen molar-refractivity contribution in [1.82, 2.24) is 0 Å². The van der Waals surface area contributed by atoms with Crippen LogP contribution in [0.3, 0.4) is 0 Å². The molecular weight excluding hydrogens is 823 g/mol. The molecule has 1 aromatic heterocycles. The normalized spacial score (nSPS) is 14.1. The third-order valence-electron chi connectivity index (χ3n) is 14.8. The molecule has 0 fully saturated rings. The summed E-state index contributed by atoms with van der Waals surface area (Å²) < 4.78 is 7.08. The van der Waals surface area contributed by atoms with E-state index in [1.165, 1.54) is 77.4 Å². The standard InChI is InChI=1S/C66H61NO/c1-64(2,3)49-27-16-26-48(38-49)61(47-25-15-23-45(37-47)43-19-11-9-12-20-43)54-33-34-57-62-55(54)35-36-66(7,8)58(62)42-60-63(57)56-32-31-53(41-59(56)68-60)67(52-30-18-28-50(40-52)65(4,5)6)51-29-17-24-46(39-51)44-21-13-10-14-22-44/h9-34,37-42,61H,35-36H2,1-8H3. The molecule has 0 saturated heterocycles. The van der Waals surface area contributed by atoms with Gasteiger partial charge in [0, 0.05) is 39.8 Å². The van der Waals surface area contributed by atoms with Crippen molar-refractivity contribution in [2.45, 2.75) is 90.4 Å². The molecule has 0 saturated carbocycles. The first-order valence-corrected chi connectivity index (χ1v) is 24.5. The SMILES string of the molecule is CC(C)(C)c1cccc(C(c2cccc(-c3ccccc3)c2)c2ccc3c4c(cc5oc6cc(N(c7cccc(-c8ccccc8)c7)c7cccc(C(C)(C)C)c7)ccc6c53)C(C)(C)CCc24)c1. The lowest BCUT2D eigenvalue weighted by Gasteiger charge is -2.35. The van der Waals surface area contributed by atoms with E-state index in [4.69, 9.17) is 4.42 Å². The molecule has 0 spiro atoms. The maximum absolute atomic E-state index is 7.08. The van der Waals surface area contributed by atoms with Crippen LogP contribution < -0.4 is 4.90 Å². The van der Waals surface area contributed by atoms with Crippen LogP contribution in [0.5, 0.6) is 0 Å². The summed E-state index contributed by atoms with van der Waals surface area (Å²) in [4.78, 5) is 2.39. The zero-order valence-electron chi connectivity index (χ0n) is 40.8. The molecule has 11 rings (SSSR count). The fourth-order valence-electron chi connectivity index (χ4n) is 10.9. The third kappa shape index (κ3) is 7.80. The van der Waals surface area contributed by atoms with E-state index in [2.05, 4.69) is 254 Å². The Hall–Kier alpha value is -7.16. The smallest absolute Gasteiger partial charge is 0.137 e. The molecule has 10 aromatic rings. The molecule has 1 atom stereocenters. The first-order chi connectivity index (χ1) is 32.7. The van der Waals surface area contributed by atoms with Crippen molar-refractivity contribution in [3.8, 4) is 22.3 Å². The molecule has 1 unspecified atom stereocenters. The van der Waals surface area contributed by atoms with Gasteiger partial charge in [-0.25, -0.2) is 0 Å². The van der Waals surface area contributed by atoms with Crippen LogP contribution in [-0.2, 0) is 22.7 Å². The minimum atomic E-state index is -0.0320. The highest BCUT2D eigenvalue weighted by atomic mass is 16.3. The van der Waals surface area contributed by atoms with Gasteiger partial charge in [-0.15, -0.1) is 0 Å². The number of furan rings is 1. The Labute approximate surface area is 402 Å². The number of hydrogen-bond donors (Lipinski definition) is 0. The summed E-state index contributed by atoms with van der Waals surface area (Å²) >= 11 is 0. The van der Waals surface area contributed by atoms with Crippen molar-refractivity contribution in [3.63, 3.8) is 0 Å². The second-order valence-corrected chi connectivity index (χ2v) is 21.9. The van der Waals surface area contributed by atoms with Gasteiger partial charge in [-0.1, -0.05) is 201 Å². The van der Waals surface area contributed by atoms with Crippen molar-refractivity contribution in [1.29, 1.82) is 0 Å². The van der Waals surface area contributed by atoms with Crippen LogP contribution in [0.15, 0.2) is 199 Å². The minimum absolute atomic E-state index is 0.00606. The van der Waals surface area contributed by atoms with Gasteiger partial charge in [0.2, 0.25) is 0 Å². The molecule has 0 amide bonds. The summed E-state index contributed by atoms with van der Waals surface area (Å²) in [6.07, 6.45) is 2.07. The maximum Gasteiger partial charge on any atom is 0.137 e.